The zero-order chi connectivity index (χ0) is 19.7. The molecule has 7 heteroatoms. The number of rotatable bonds is 4. The fourth-order valence-electron chi connectivity index (χ4n) is 3.73. The Kier molecular flexibility index (Phi) is 5.39. The van der Waals surface area contributed by atoms with Gasteiger partial charge in [0, 0.05) is 36.9 Å². The third-order valence-electron chi connectivity index (χ3n) is 5.32. The fraction of sp³-hybridized carbons (Fsp3) is 0.333. The van der Waals surface area contributed by atoms with E-state index in [4.69, 9.17) is 0 Å². The highest BCUT2D eigenvalue weighted by Gasteiger charge is 2.34. The number of benzene rings is 2. The van der Waals surface area contributed by atoms with E-state index in [-0.39, 0.29) is 11.8 Å². The van der Waals surface area contributed by atoms with Crippen molar-refractivity contribution in [1.82, 2.24) is 10.2 Å². The van der Waals surface area contributed by atoms with Crippen LogP contribution in [-0.2, 0) is 11.2 Å². The maximum Gasteiger partial charge on any atom is 0.263 e. The maximum absolute atomic E-state index is 13.0. The van der Waals surface area contributed by atoms with Crippen molar-refractivity contribution < 1.29 is 14.1 Å². The molecule has 1 saturated heterocycles. The highest BCUT2D eigenvalue weighted by molar-refractivity contribution is 7.91. The van der Waals surface area contributed by atoms with Crippen LogP contribution in [0.5, 0.6) is 0 Å². The Morgan fingerprint density at radius 3 is 2.68 bits per heavy atom. The lowest BCUT2D eigenvalue weighted by Gasteiger charge is -2.18. The van der Waals surface area contributed by atoms with Gasteiger partial charge in [0.2, 0.25) is 0 Å². The van der Waals surface area contributed by atoms with Gasteiger partial charge in [-0.3, -0.25) is 9.59 Å². The number of hydrogen-bond acceptors (Lipinski definition) is 4. The number of nitrogens with one attached hydrogen (secondary N) is 1. The number of hydrogen-bond donors (Lipinski definition) is 1. The molecule has 0 bridgehead atoms. The van der Waals surface area contributed by atoms with Gasteiger partial charge >= 0.3 is 0 Å². The van der Waals surface area contributed by atoms with Gasteiger partial charge in [-0.25, -0.2) is 0 Å². The summed E-state index contributed by atoms with van der Waals surface area (Å²) in [5, 5.41) is 2.94. The maximum atomic E-state index is 13.0. The van der Waals surface area contributed by atoms with Crippen LogP contribution in [0.3, 0.4) is 0 Å². The molecule has 2 amide bonds. The van der Waals surface area contributed by atoms with Crippen LogP contribution in [-0.4, -0.2) is 54.5 Å². The Morgan fingerprint density at radius 1 is 1.14 bits per heavy atom. The summed E-state index contributed by atoms with van der Waals surface area (Å²) in [6.45, 7) is 3.61. The summed E-state index contributed by atoms with van der Waals surface area (Å²) in [6, 6.07) is 12.0. The van der Waals surface area contributed by atoms with Gasteiger partial charge in [-0.2, -0.15) is 0 Å². The second kappa shape index (κ2) is 7.95. The molecule has 0 aliphatic carbocycles. The van der Waals surface area contributed by atoms with Crippen LogP contribution in [0.25, 0.3) is 0 Å². The lowest BCUT2D eigenvalue weighted by atomic mass is 10.1. The molecule has 2 aliphatic rings. The summed E-state index contributed by atoms with van der Waals surface area (Å²) in [4.78, 5) is 30.2. The van der Waals surface area contributed by atoms with Crippen LogP contribution in [0, 0.1) is 0 Å². The summed E-state index contributed by atoms with van der Waals surface area (Å²) in [5.41, 5.74) is 1.39. The summed E-state index contributed by atoms with van der Waals surface area (Å²) in [7, 11) is 1.65. The van der Waals surface area contributed by atoms with Gasteiger partial charge in [0.1, 0.15) is 5.69 Å². The zero-order valence-corrected chi connectivity index (χ0v) is 16.6. The highest BCUT2D eigenvalue weighted by atomic mass is 32.2. The average Bonchev–Trinajstić information content (AvgIpc) is 3.22. The van der Waals surface area contributed by atoms with Gasteiger partial charge in [-0.05, 0) is 56.3 Å². The lowest BCUT2D eigenvalue weighted by Crippen LogP contribution is -2.33. The Hall–Kier alpha value is -2.35. The molecule has 2 aromatic carbocycles. The molecule has 0 saturated carbocycles. The van der Waals surface area contributed by atoms with E-state index in [1.807, 2.05) is 0 Å². The van der Waals surface area contributed by atoms with Gasteiger partial charge in [0.25, 0.3) is 11.8 Å². The normalized spacial score (nSPS) is 19.1. The van der Waals surface area contributed by atoms with Crippen molar-refractivity contribution in [3.8, 4) is 0 Å². The molecule has 2 aliphatic heterocycles. The summed E-state index contributed by atoms with van der Waals surface area (Å²) < 4.78 is 13.0. The summed E-state index contributed by atoms with van der Waals surface area (Å²) >= 11 is -1.48. The van der Waals surface area contributed by atoms with Gasteiger partial charge in [0.05, 0.1) is 5.56 Å². The first kappa shape index (κ1) is 19.0. The number of nitrogens with zero attached hydrogens (tertiary/aromatic N) is 2. The number of fused-ring (bicyclic) bond motifs is 2. The van der Waals surface area contributed by atoms with Crippen LogP contribution in [0.4, 0.5) is 5.69 Å². The topological polar surface area (TPSA) is 75.7 Å². The van der Waals surface area contributed by atoms with E-state index >= 15 is 0 Å². The van der Waals surface area contributed by atoms with Gasteiger partial charge in [-0.1, -0.05) is 12.1 Å². The van der Waals surface area contributed by atoms with Crippen molar-refractivity contribution >= 4 is 28.7 Å². The third kappa shape index (κ3) is 3.53. The molecule has 0 aromatic heterocycles. The van der Waals surface area contributed by atoms with E-state index in [9.17, 15) is 14.1 Å². The predicted octanol–water partition coefficient (Wildman–Crippen LogP) is 2.27. The molecule has 1 fully saturated rings. The first-order valence-corrected chi connectivity index (χ1v) is 10.6. The quantitative estimate of drug-likeness (QED) is 0.803. The molecular weight excluding hydrogens is 374 g/mol. The summed E-state index contributed by atoms with van der Waals surface area (Å²) in [6.07, 6.45) is 2.44. The average molecular weight is 398 g/mol. The van der Waals surface area contributed by atoms with Crippen molar-refractivity contribution in [2.45, 2.75) is 22.6 Å². The molecule has 1 atom stereocenters. The van der Waals surface area contributed by atoms with Gasteiger partial charge in [0.15, 0.2) is 9.79 Å². The first-order chi connectivity index (χ1) is 13.6. The molecule has 28 heavy (non-hydrogen) atoms. The first-order valence-electron chi connectivity index (χ1n) is 9.50. The zero-order valence-electron chi connectivity index (χ0n) is 15.8. The molecular formula is C21H23N3O3S. The van der Waals surface area contributed by atoms with Crippen molar-refractivity contribution in [3.05, 3.63) is 53.6 Å². The number of carbonyl (C=O) groups is 2. The van der Waals surface area contributed by atoms with E-state index in [1.54, 1.807) is 49.5 Å². The Morgan fingerprint density at radius 2 is 1.89 bits per heavy atom. The molecule has 6 nitrogen and oxygen atoms in total. The molecule has 146 valence electrons. The van der Waals surface area contributed by atoms with Crippen LogP contribution in [0.15, 0.2) is 52.3 Å². The smallest absolute Gasteiger partial charge is 0.263 e. The minimum Gasteiger partial charge on any atom is -0.606 e. The van der Waals surface area contributed by atoms with Crippen LogP contribution >= 0.6 is 0 Å². The SMILES string of the molecule is CN1C(=O)c2ccccc2[S@@+]([O-])c2ccc(C(=O)NCCN3CCCC3)cc21. The van der Waals surface area contributed by atoms with Gasteiger partial charge < -0.3 is 19.7 Å². The number of anilines is 1. The minimum atomic E-state index is -1.48. The number of likely N-dealkylation sites (tertiary alicyclic amines) is 1. The molecule has 2 heterocycles. The molecule has 1 N–H and O–H groups in total. The fourth-order valence-corrected chi connectivity index (χ4v) is 5.10. The third-order valence-corrected chi connectivity index (χ3v) is 6.82. The Labute approximate surface area is 167 Å². The highest BCUT2D eigenvalue weighted by Crippen LogP contribution is 2.36. The van der Waals surface area contributed by atoms with E-state index in [0.29, 0.717) is 33.2 Å². The van der Waals surface area contributed by atoms with Crippen LogP contribution in [0.2, 0.25) is 0 Å². The second-order valence-electron chi connectivity index (χ2n) is 7.12. The number of amides is 2. The molecule has 0 spiro atoms. The molecule has 4 rings (SSSR count). The van der Waals surface area contributed by atoms with E-state index < -0.39 is 11.2 Å². The lowest BCUT2D eigenvalue weighted by molar-refractivity contribution is 0.0947. The summed E-state index contributed by atoms with van der Waals surface area (Å²) in [5.74, 6) is -0.412. The minimum absolute atomic E-state index is 0.185. The molecule has 2 aromatic rings. The monoisotopic (exact) mass is 397 g/mol. The largest absolute Gasteiger partial charge is 0.606 e. The van der Waals surface area contributed by atoms with E-state index in [0.717, 1.165) is 19.6 Å². The van der Waals surface area contributed by atoms with Crippen molar-refractivity contribution in [2.75, 3.05) is 38.1 Å². The predicted molar refractivity (Wildman–Crippen MR) is 108 cm³/mol. The number of carbonyl (C=O) groups excluding carboxylic acids is 2. The second-order valence-corrected chi connectivity index (χ2v) is 8.53. The van der Waals surface area contributed by atoms with Crippen LogP contribution in [0.1, 0.15) is 33.6 Å². The van der Waals surface area contributed by atoms with Gasteiger partial charge in [-0.15, -0.1) is 0 Å². The molecule has 0 unspecified atom stereocenters. The molecule has 0 radical (unpaired) electrons. The van der Waals surface area contributed by atoms with E-state index in [1.165, 1.54) is 17.7 Å². The van der Waals surface area contributed by atoms with Crippen molar-refractivity contribution in [3.63, 3.8) is 0 Å². The Balaban J connectivity index is 1.56. The van der Waals surface area contributed by atoms with Crippen molar-refractivity contribution in [2.24, 2.45) is 0 Å². The standard InChI is InChI=1S/C21H23N3O3S/c1-23-17-14-15(20(25)22-10-13-24-11-4-5-12-24)8-9-19(17)28(27)18-7-3-2-6-16(18)21(23)26/h2-3,6-9,14H,4-5,10-13H2,1H3,(H,22,25)/t28-/m1/s1. The van der Waals surface area contributed by atoms with Crippen LogP contribution < -0.4 is 10.2 Å². The van der Waals surface area contributed by atoms with Crippen molar-refractivity contribution in [1.29, 1.82) is 0 Å². The Bertz CT molecular complexity index is 912. The van der Waals surface area contributed by atoms with E-state index in [2.05, 4.69) is 10.2 Å².